The summed E-state index contributed by atoms with van der Waals surface area (Å²) in [6, 6.07) is 0. The number of aliphatic hydroxyl groups is 1. The van der Waals surface area contributed by atoms with Crippen molar-refractivity contribution >= 4 is 17.3 Å². The summed E-state index contributed by atoms with van der Waals surface area (Å²) >= 11 is 5.91. The van der Waals surface area contributed by atoms with Crippen molar-refractivity contribution in [3.63, 3.8) is 0 Å². The zero-order chi connectivity index (χ0) is 12.8. The molecule has 0 radical (unpaired) electrons. The van der Waals surface area contributed by atoms with Crippen LogP contribution >= 0.6 is 11.6 Å². The number of hydrogen-bond donors (Lipinski definition) is 2. The minimum Gasteiger partial charge on any atom is -0.394 e. The predicted molar refractivity (Wildman–Crippen MR) is 68.5 cm³/mol. The largest absolute Gasteiger partial charge is 0.394 e. The average molecular weight is 258 g/mol. The summed E-state index contributed by atoms with van der Waals surface area (Å²) in [7, 11) is 0. The number of rotatable bonds is 5. The van der Waals surface area contributed by atoms with E-state index in [0.717, 1.165) is 4.68 Å². The van der Waals surface area contributed by atoms with E-state index in [2.05, 4.69) is 10.4 Å². The number of anilines is 1. The van der Waals surface area contributed by atoms with E-state index >= 15 is 0 Å². The fourth-order valence-corrected chi connectivity index (χ4v) is 1.42. The molecule has 0 aliphatic carbocycles. The summed E-state index contributed by atoms with van der Waals surface area (Å²) in [6.45, 7) is 4.56. The Morgan fingerprint density at radius 3 is 2.94 bits per heavy atom. The molecular weight excluding hydrogens is 242 g/mol. The van der Waals surface area contributed by atoms with Crippen molar-refractivity contribution < 1.29 is 5.11 Å². The lowest BCUT2D eigenvalue weighted by Crippen LogP contribution is -2.25. The molecule has 0 aliphatic heterocycles. The van der Waals surface area contributed by atoms with E-state index in [-0.39, 0.29) is 18.2 Å². The standard InChI is InChI=1S/C11H16ClN3O2/c1-8(2)3-4-13-9-7-14-15(5-6-16)11(17)10(9)12/h3,7,13,16H,4-6H2,1-2H3. The Hall–Kier alpha value is -1.33. The average Bonchev–Trinajstić information content (AvgIpc) is 2.28. The monoisotopic (exact) mass is 257 g/mol. The van der Waals surface area contributed by atoms with Crippen molar-refractivity contribution in [1.82, 2.24) is 9.78 Å². The summed E-state index contributed by atoms with van der Waals surface area (Å²) in [5.41, 5.74) is 1.28. The van der Waals surface area contributed by atoms with Gasteiger partial charge in [0.2, 0.25) is 0 Å². The van der Waals surface area contributed by atoms with E-state index in [1.807, 2.05) is 19.9 Å². The minimum atomic E-state index is -0.400. The molecule has 0 aliphatic rings. The Morgan fingerprint density at radius 2 is 2.35 bits per heavy atom. The molecule has 1 aromatic rings. The smallest absolute Gasteiger partial charge is 0.287 e. The first-order chi connectivity index (χ1) is 8.06. The molecule has 0 aromatic carbocycles. The number of halogens is 1. The Labute approximate surface area is 105 Å². The molecule has 0 spiro atoms. The normalized spacial score (nSPS) is 10.1. The van der Waals surface area contributed by atoms with Crippen molar-refractivity contribution in [3.05, 3.63) is 33.2 Å². The molecule has 17 heavy (non-hydrogen) atoms. The highest BCUT2D eigenvalue weighted by atomic mass is 35.5. The van der Waals surface area contributed by atoms with E-state index in [9.17, 15) is 4.79 Å². The third-order valence-corrected chi connectivity index (χ3v) is 2.46. The molecule has 0 saturated carbocycles. The first kappa shape index (κ1) is 13.7. The van der Waals surface area contributed by atoms with Crippen molar-refractivity contribution in [2.45, 2.75) is 20.4 Å². The highest BCUT2D eigenvalue weighted by molar-refractivity contribution is 6.32. The maximum Gasteiger partial charge on any atom is 0.287 e. The third kappa shape index (κ3) is 3.87. The molecule has 5 nitrogen and oxygen atoms in total. The van der Waals surface area contributed by atoms with Crippen LogP contribution in [0, 0.1) is 0 Å². The van der Waals surface area contributed by atoms with Crippen molar-refractivity contribution in [2.24, 2.45) is 0 Å². The topological polar surface area (TPSA) is 67.2 Å². The number of nitrogens with zero attached hydrogens (tertiary/aromatic N) is 2. The quantitative estimate of drug-likeness (QED) is 0.780. The summed E-state index contributed by atoms with van der Waals surface area (Å²) in [5.74, 6) is 0. The molecular formula is C11H16ClN3O2. The molecule has 6 heteroatoms. The maximum absolute atomic E-state index is 11.7. The maximum atomic E-state index is 11.7. The first-order valence-corrected chi connectivity index (χ1v) is 5.67. The van der Waals surface area contributed by atoms with E-state index in [0.29, 0.717) is 12.2 Å². The second kappa shape index (κ2) is 6.42. The van der Waals surface area contributed by atoms with E-state index < -0.39 is 5.56 Å². The summed E-state index contributed by atoms with van der Waals surface area (Å²) < 4.78 is 1.13. The Balaban J connectivity index is 2.85. The van der Waals surface area contributed by atoms with E-state index in [1.54, 1.807) is 0 Å². The fourth-order valence-electron chi connectivity index (χ4n) is 1.21. The Kier molecular flexibility index (Phi) is 5.18. The lowest BCUT2D eigenvalue weighted by atomic mass is 10.3. The molecule has 1 aromatic heterocycles. The second-order valence-corrected chi connectivity index (χ2v) is 4.16. The molecule has 0 saturated heterocycles. The van der Waals surface area contributed by atoms with Gasteiger partial charge in [0.05, 0.1) is 25.0 Å². The summed E-state index contributed by atoms with van der Waals surface area (Å²) in [6.07, 6.45) is 3.47. The lowest BCUT2D eigenvalue weighted by molar-refractivity contribution is 0.266. The molecule has 0 atom stereocenters. The van der Waals surface area contributed by atoms with Crippen LogP contribution in [0.25, 0.3) is 0 Å². The highest BCUT2D eigenvalue weighted by Gasteiger charge is 2.07. The molecule has 0 amide bonds. The first-order valence-electron chi connectivity index (χ1n) is 5.30. The summed E-state index contributed by atoms with van der Waals surface area (Å²) in [5, 5.41) is 15.7. The third-order valence-electron chi connectivity index (χ3n) is 2.10. The van der Waals surface area contributed by atoms with Gasteiger partial charge in [-0.05, 0) is 13.8 Å². The number of aliphatic hydroxyl groups excluding tert-OH is 1. The summed E-state index contributed by atoms with van der Waals surface area (Å²) in [4.78, 5) is 11.7. The number of hydrogen-bond acceptors (Lipinski definition) is 4. The van der Waals surface area contributed by atoms with Crippen LogP contribution in [0.4, 0.5) is 5.69 Å². The number of nitrogens with one attached hydrogen (secondary N) is 1. The molecule has 0 bridgehead atoms. The van der Waals surface area contributed by atoms with E-state index in [1.165, 1.54) is 11.8 Å². The van der Waals surface area contributed by atoms with Gasteiger partial charge < -0.3 is 10.4 Å². The van der Waals surface area contributed by atoms with Crippen LogP contribution in [0.3, 0.4) is 0 Å². The van der Waals surface area contributed by atoms with Gasteiger partial charge in [0, 0.05) is 6.54 Å². The Bertz CT molecular complexity index is 464. The van der Waals surface area contributed by atoms with Crippen LogP contribution in [0.15, 0.2) is 22.6 Å². The predicted octanol–water partition coefficient (Wildman–Crippen LogP) is 1.27. The molecule has 1 rings (SSSR count). The number of allylic oxidation sites excluding steroid dienone is 1. The van der Waals surface area contributed by atoms with Crippen LogP contribution in [0.2, 0.25) is 5.02 Å². The van der Waals surface area contributed by atoms with Crippen LogP contribution in [0.1, 0.15) is 13.8 Å². The zero-order valence-electron chi connectivity index (χ0n) is 9.90. The Morgan fingerprint density at radius 1 is 1.65 bits per heavy atom. The van der Waals surface area contributed by atoms with Gasteiger partial charge in [0.1, 0.15) is 5.02 Å². The SMILES string of the molecule is CC(C)=CCNc1cnn(CCO)c(=O)c1Cl. The molecule has 94 valence electrons. The molecule has 0 fully saturated rings. The second-order valence-electron chi connectivity index (χ2n) is 3.79. The molecule has 0 unspecified atom stereocenters. The van der Waals surface area contributed by atoms with Crippen LogP contribution in [-0.2, 0) is 6.54 Å². The molecule has 2 N–H and O–H groups in total. The van der Waals surface area contributed by atoms with Crippen molar-refractivity contribution in [1.29, 1.82) is 0 Å². The van der Waals surface area contributed by atoms with Crippen LogP contribution in [-0.4, -0.2) is 28.0 Å². The van der Waals surface area contributed by atoms with Crippen LogP contribution < -0.4 is 10.9 Å². The highest BCUT2D eigenvalue weighted by Crippen LogP contribution is 2.14. The van der Waals surface area contributed by atoms with Gasteiger partial charge >= 0.3 is 0 Å². The zero-order valence-corrected chi connectivity index (χ0v) is 10.7. The van der Waals surface area contributed by atoms with Gasteiger partial charge in [0.25, 0.3) is 5.56 Å². The lowest BCUT2D eigenvalue weighted by Gasteiger charge is -2.08. The van der Waals surface area contributed by atoms with Crippen LogP contribution in [0.5, 0.6) is 0 Å². The minimum absolute atomic E-state index is 0.0932. The van der Waals surface area contributed by atoms with Gasteiger partial charge in [-0.1, -0.05) is 23.3 Å². The fraction of sp³-hybridized carbons (Fsp3) is 0.455. The van der Waals surface area contributed by atoms with Crippen molar-refractivity contribution in [3.8, 4) is 0 Å². The van der Waals surface area contributed by atoms with Gasteiger partial charge in [-0.15, -0.1) is 0 Å². The van der Waals surface area contributed by atoms with Gasteiger partial charge in [-0.3, -0.25) is 4.79 Å². The van der Waals surface area contributed by atoms with Gasteiger partial charge in [-0.2, -0.15) is 5.10 Å². The number of aromatic nitrogens is 2. The van der Waals surface area contributed by atoms with Crippen molar-refractivity contribution in [2.75, 3.05) is 18.5 Å². The molecule has 1 heterocycles. The van der Waals surface area contributed by atoms with Gasteiger partial charge in [-0.25, -0.2) is 4.68 Å². The van der Waals surface area contributed by atoms with E-state index in [4.69, 9.17) is 16.7 Å². The van der Waals surface area contributed by atoms with Gasteiger partial charge in [0.15, 0.2) is 0 Å².